The Hall–Kier alpha value is -7.22. The monoisotopic (exact) mass is 942 g/mol. The molecular formula is C52H31BrN8S3. The predicted octanol–water partition coefficient (Wildman–Crippen LogP) is 14.9. The van der Waals surface area contributed by atoms with Crippen LogP contribution < -0.4 is 0 Å². The number of pyridine rings is 4. The second-order valence-corrected chi connectivity index (χ2v) is 18.6. The van der Waals surface area contributed by atoms with Gasteiger partial charge in [0.2, 0.25) is 0 Å². The Morgan fingerprint density at radius 1 is 0.344 bits per heavy atom. The highest BCUT2D eigenvalue weighted by Crippen LogP contribution is 2.40. The van der Waals surface area contributed by atoms with Crippen molar-refractivity contribution in [3.05, 3.63) is 176 Å². The predicted molar refractivity (Wildman–Crippen MR) is 269 cm³/mol. The molecule has 0 unspecified atom stereocenters. The molecule has 10 aromatic rings. The number of rotatable bonds is 7. The third-order valence-electron chi connectivity index (χ3n) is 11.4. The molecule has 0 saturated heterocycles. The van der Waals surface area contributed by atoms with Gasteiger partial charge in [0.1, 0.15) is 0 Å². The van der Waals surface area contributed by atoms with Gasteiger partial charge in [-0.25, -0.2) is 9.97 Å². The van der Waals surface area contributed by atoms with Crippen LogP contribution in [0.1, 0.15) is 22.8 Å². The van der Waals surface area contributed by atoms with Crippen molar-refractivity contribution in [1.82, 2.24) is 39.9 Å². The van der Waals surface area contributed by atoms with Crippen molar-refractivity contribution in [3.8, 4) is 77.9 Å². The van der Waals surface area contributed by atoms with Crippen LogP contribution in [0.3, 0.4) is 0 Å². The normalized spacial score (nSPS) is 12.0. The van der Waals surface area contributed by atoms with E-state index >= 15 is 0 Å². The number of aromatic nitrogens is 8. The third kappa shape index (κ3) is 7.06. The van der Waals surface area contributed by atoms with Crippen molar-refractivity contribution in [1.29, 1.82) is 0 Å². The first-order chi connectivity index (χ1) is 31.6. The fourth-order valence-corrected chi connectivity index (χ4v) is 10.8. The molecule has 0 saturated carbocycles. The Bertz CT molecular complexity index is 3560. The molecule has 0 aliphatic carbocycles. The van der Waals surface area contributed by atoms with E-state index in [1.54, 1.807) is 40.2 Å². The van der Waals surface area contributed by atoms with E-state index in [9.17, 15) is 0 Å². The van der Waals surface area contributed by atoms with E-state index in [-0.39, 0.29) is 0 Å². The van der Waals surface area contributed by atoms with Gasteiger partial charge in [-0.3, -0.25) is 19.9 Å². The molecule has 8 bridgehead atoms. The van der Waals surface area contributed by atoms with Gasteiger partial charge in [-0.2, -0.15) is 34.0 Å². The summed E-state index contributed by atoms with van der Waals surface area (Å²) in [4.78, 5) is 37.6. The highest BCUT2D eigenvalue weighted by atomic mass is 79.9. The fourth-order valence-electron chi connectivity index (χ4n) is 8.46. The molecule has 0 atom stereocenters. The van der Waals surface area contributed by atoms with Gasteiger partial charge in [0.15, 0.2) is 0 Å². The van der Waals surface area contributed by atoms with E-state index in [0.717, 1.165) is 127 Å². The Balaban J connectivity index is 1.22. The molecule has 8 nitrogen and oxygen atoms in total. The number of halogens is 1. The number of hydrogen-bond acceptors (Lipinski definition) is 9. The van der Waals surface area contributed by atoms with Crippen LogP contribution in [0.5, 0.6) is 0 Å². The summed E-state index contributed by atoms with van der Waals surface area (Å²) in [6.45, 7) is 0. The van der Waals surface area contributed by atoms with E-state index in [0.29, 0.717) is 0 Å². The average molecular weight is 944 g/mol. The van der Waals surface area contributed by atoms with Gasteiger partial charge in [0, 0.05) is 137 Å². The van der Waals surface area contributed by atoms with Crippen molar-refractivity contribution in [2.45, 2.75) is 0 Å². The minimum absolute atomic E-state index is 0.793. The number of nitrogens with one attached hydrogen (secondary N) is 2. The molecular weight excluding hydrogens is 913 g/mol. The summed E-state index contributed by atoms with van der Waals surface area (Å²) in [7, 11) is 0. The summed E-state index contributed by atoms with van der Waals surface area (Å²) >= 11 is 8.70. The van der Waals surface area contributed by atoms with Gasteiger partial charge in [0.05, 0.1) is 22.8 Å². The molecule has 0 radical (unpaired) electrons. The third-order valence-corrected chi connectivity index (χ3v) is 13.9. The molecule has 2 aliphatic rings. The van der Waals surface area contributed by atoms with E-state index < -0.39 is 0 Å². The number of aromatic amines is 2. The summed E-state index contributed by atoms with van der Waals surface area (Å²) < 4.78 is 0.867. The summed E-state index contributed by atoms with van der Waals surface area (Å²) in [5, 5.41) is 12.7. The highest BCUT2D eigenvalue weighted by molar-refractivity contribution is 9.10. The lowest BCUT2D eigenvalue weighted by atomic mass is 10.0. The van der Waals surface area contributed by atoms with Crippen LogP contribution in [0.2, 0.25) is 0 Å². The maximum atomic E-state index is 5.51. The zero-order valence-corrected chi connectivity index (χ0v) is 37.6. The Kier molecular flexibility index (Phi) is 9.71. The van der Waals surface area contributed by atoms with Crippen LogP contribution in [-0.4, -0.2) is 39.9 Å². The number of fused-ring (bicyclic) bond motifs is 8. The first-order valence-electron chi connectivity index (χ1n) is 20.3. The number of H-pyrrole nitrogens is 2. The van der Waals surface area contributed by atoms with Crippen molar-refractivity contribution in [2.24, 2.45) is 0 Å². The molecule has 0 spiro atoms. The molecule has 10 aromatic heterocycles. The largest absolute Gasteiger partial charge is 0.354 e. The van der Waals surface area contributed by atoms with Crippen LogP contribution in [0.4, 0.5) is 0 Å². The molecule has 2 N–H and O–H groups in total. The summed E-state index contributed by atoms with van der Waals surface area (Å²) in [5.74, 6) is 0. The summed E-state index contributed by atoms with van der Waals surface area (Å²) in [6.07, 6.45) is 23.6. The number of thiophene rings is 3. The van der Waals surface area contributed by atoms with Gasteiger partial charge < -0.3 is 9.97 Å². The zero-order chi connectivity index (χ0) is 42.6. The summed E-state index contributed by atoms with van der Waals surface area (Å²) in [5.41, 5.74) is 20.6. The SMILES string of the molecule is Brc1cncc(-c2c3nc(c(-c4cncc(-c5ccsc5)c4)c4ccc([nH]4)c(-c4cncc(-c5ccsc5)c4)c4nc(c(-c5cncc(-c6ccsc6)c5)c5ccc2[nH]5)C=C4)C=C3)c1. The average Bonchev–Trinajstić information content (AvgIpc) is 4.17. The first-order valence-corrected chi connectivity index (χ1v) is 23.9. The molecule has 0 amide bonds. The summed E-state index contributed by atoms with van der Waals surface area (Å²) in [6, 6.07) is 23.6. The molecule has 0 aromatic carbocycles. The number of hydrogen-bond donors (Lipinski definition) is 2. The minimum Gasteiger partial charge on any atom is -0.354 e. The Morgan fingerprint density at radius 2 is 0.656 bits per heavy atom. The molecule has 64 heavy (non-hydrogen) atoms. The van der Waals surface area contributed by atoms with Crippen molar-refractivity contribution >= 4 is 96.3 Å². The standard InChI is InChI=1S/C52H31BrN8S3/c53-40-18-39(25-57-26-40)52-47-7-5-45(60-47)50(37-16-34(20-55-23-37)31-10-13-63-28-31)43-3-1-41(58-43)49(36-15-33(19-54-22-36)30-9-12-62-27-30)42-2-4-44(59-42)51(46-6-8-48(52)61-46)38-17-35(21-56-24-38)32-11-14-64-29-32/h1-29,58,61H. The minimum atomic E-state index is 0.793. The van der Waals surface area contributed by atoms with Crippen LogP contribution in [0.25, 0.3) is 124 Å². The second kappa shape index (κ2) is 16.2. The maximum Gasteiger partial charge on any atom is 0.0737 e. The Morgan fingerprint density at radius 3 is 0.969 bits per heavy atom. The maximum absolute atomic E-state index is 5.51. The van der Waals surface area contributed by atoms with Crippen LogP contribution >= 0.6 is 49.9 Å². The van der Waals surface area contributed by atoms with Gasteiger partial charge >= 0.3 is 0 Å². The molecule has 0 fully saturated rings. The van der Waals surface area contributed by atoms with Crippen LogP contribution in [0.15, 0.2) is 153 Å². The van der Waals surface area contributed by atoms with E-state index in [1.165, 1.54) is 0 Å². The quantitative estimate of drug-likeness (QED) is 0.165. The second-order valence-electron chi connectivity index (χ2n) is 15.3. The fraction of sp³-hybridized carbons (Fsp3) is 0. The van der Waals surface area contributed by atoms with Gasteiger partial charge in [-0.15, -0.1) is 0 Å². The van der Waals surface area contributed by atoms with Crippen molar-refractivity contribution < 1.29 is 0 Å². The highest BCUT2D eigenvalue weighted by Gasteiger charge is 2.21. The molecule has 12 heteroatoms. The number of nitrogens with zero attached hydrogens (tertiary/aromatic N) is 6. The van der Waals surface area contributed by atoms with E-state index in [1.807, 2.05) is 43.4 Å². The lowest BCUT2D eigenvalue weighted by Crippen LogP contribution is -1.91. The van der Waals surface area contributed by atoms with Crippen molar-refractivity contribution in [3.63, 3.8) is 0 Å². The lowest BCUT2D eigenvalue weighted by Gasteiger charge is -2.08. The molecule has 12 rings (SSSR count). The molecule has 12 heterocycles. The van der Waals surface area contributed by atoms with Gasteiger partial charge in [-0.1, -0.05) is 0 Å². The van der Waals surface area contributed by atoms with Gasteiger partial charge in [0.25, 0.3) is 0 Å². The van der Waals surface area contributed by atoms with Gasteiger partial charge in [-0.05, 0) is 156 Å². The smallest absolute Gasteiger partial charge is 0.0737 e. The van der Waals surface area contributed by atoms with Crippen LogP contribution in [-0.2, 0) is 0 Å². The van der Waals surface area contributed by atoms with Crippen molar-refractivity contribution in [2.75, 3.05) is 0 Å². The van der Waals surface area contributed by atoms with Crippen LogP contribution in [0, 0.1) is 0 Å². The zero-order valence-electron chi connectivity index (χ0n) is 33.5. The van der Waals surface area contributed by atoms with E-state index in [2.05, 4.69) is 154 Å². The molecule has 2 aliphatic heterocycles. The first kappa shape index (κ1) is 38.5. The lowest BCUT2D eigenvalue weighted by molar-refractivity contribution is 1.28. The van der Waals surface area contributed by atoms with E-state index in [4.69, 9.17) is 24.9 Å². The molecule has 304 valence electrons. The Labute approximate surface area is 387 Å². The topological polar surface area (TPSA) is 109 Å².